The molecular formula is C15H17N5. The zero-order valence-electron chi connectivity index (χ0n) is 11.6. The molecule has 102 valence electrons. The van der Waals surface area contributed by atoms with Crippen molar-refractivity contribution in [3.8, 4) is 11.3 Å². The van der Waals surface area contributed by atoms with Gasteiger partial charge < -0.3 is 5.73 Å². The molecule has 0 saturated carbocycles. The Morgan fingerprint density at radius 2 is 2.10 bits per heavy atom. The molecule has 0 radical (unpaired) electrons. The van der Waals surface area contributed by atoms with E-state index in [1.807, 2.05) is 24.1 Å². The number of rotatable bonds is 3. The van der Waals surface area contributed by atoms with Crippen molar-refractivity contribution in [2.45, 2.75) is 13.5 Å². The van der Waals surface area contributed by atoms with E-state index in [4.69, 9.17) is 5.73 Å². The molecule has 0 fully saturated rings. The quantitative estimate of drug-likeness (QED) is 0.791. The van der Waals surface area contributed by atoms with E-state index in [1.54, 1.807) is 10.9 Å². The monoisotopic (exact) mass is 267 g/mol. The maximum absolute atomic E-state index is 6.05. The molecule has 2 heterocycles. The number of nitrogens with two attached hydrogens (primary N) is 1. The molecule has 5 heteroatoms. The highest BCUT2D eigenvalue weighted by atomic mass is 15.3. The lowest BCUT2D eigenvalue weighted by Gasteiger charge is -2.02. The SMILES string of the molecule is Cc1cccc(Cn2cc(N)c(-c3cnn(C)c3)n2)c1. The molecule has 3 rings (SSSR count). The van der Waals surface area contributed by atoms with E-state index in [-0.39, 0.29) is 0 Å². The van der Waals surface area contributed by atoms with Gasteiger partial charge in [0.25, 0.3) is 0 Å². The van der Waals surface area contributed by atoms with E-state index in [0.717, 1.165) is 11.3 Å². The number of aromatic nitrogens is 4. The van der Waals surface area contributed by atoms with Gasteiger partial charge in [-0.15, -0.1) is 0 Å². The summed E-state index contributed by atoms with van der Waals surface area (Å²) >= 11 is 0. The molecule has 2 aromatic heterocycles. The third-order valence-corrected chi connectivity index (χ3v) is 3.20. The Balaban J connectivity index is 1.89. The van der Waals surface area contributed by atoms with Crippen molar-refractivity contribution in [2.75, 3.05) is 5.73 Å². The first-order valence-corrected chi connectivity index (χ1v) is 6.49. The van der Waals surface area contributed by atoms with Crippen molar-refractivity contribution in [1.82, 2.24) is 19.6 Å². The van der Waals surface area contributed by atoms with Crippen LogP contribution in [0.5, 0.6) is 0 Å². The lowest BCUT2D eigenvalue weighted by molar-refractivity contribution is 0.689. The third-order valence-electron chi connectivity index (χ3n) is 3.20. The van der Waals surface area contributed by atoms with Crippen LogP contribution in [-0.4, -0.2) is 19.6 Å². The van der Waals surface area contributed by atoms with E-state index in [9.17, 15) is 0 Å². The maximum Gasteiger partial charge on any atom is 0.118 e. The fraction of sp³-hybridized carbons (Fsp3) is 0.200. The summed E-state index contributed by atoms with van der Waals surface area (Å²) in [6, 6.07) is 8.39. The smallest absolute Gasteiger partial charge is 0.118 e. The highest BCUT2D eigenvalue weighted by Crippen LogP contribution is 2.23. The van der Waals surface area contributed by atoms with Crippen molar-refractivity contribution in [3.05, 3.63) is 54.0 Å². The van der Waals surface area contributed by atoms with E-state index in [2.05, 4.69) is 41.4 Å². The fourth-order valence-electron chi connectivity index (χ4n) is 2.28. The van der Waals surface area contributed by atoms with Crippen LogP contribution >= 0.6 is 0 Å². The zero-order valence-corrected chi connectivity index (χ0v) is 11.6. The van der Waals surface area contributed by atoms with E-state index >= 15 is 0 Å². The van der Waals surface area contributed by atoms with Crippen LogP contribution in [-0.2, 0) is 13.6 Å². The van der Waals surface area contributed by atoms with Crippen LogP contribution in [0.25, 0.3) is 11.3 Å². The van der Waals surface area contributed by atoms with Gasteiger partial charge in [-0.25, -0.2) is 0 Å². The second kappa shape index (κ2) is 4.85. The largest absolute Gasteiger partial charge is 0.396 e. The van der Waals surface area contributed by atoms with Gasteiger partial charge in [-0.1, -0.05) is 29.8 Å². The maximum atomic E-state index is 6.05. The minimum Gasteiger partial charge on any atom is -0.396 e. The van der Waals surface area contributed by atoms with Gasteiger partial charge in [0.1, 0.15) is 5.69 Å². The summed E-state index contributed by atoms with van der Waals surface area (Å²) in [5.74, 6) is 0. The average Bonchev–Trinajstić information content (AvgIpc) is 2.96. The van der Waals surface area contributed by atoms with Gasteiger partial charge >= 0.3 is 0 Å². The molecule has 0 aliphatic carbocycles. The number of anilines is 1. The minimum atomic E-state index is 0.672. The predicted molar refractivity (Wildman–Crippen MR) is 79.1 cm³/mol. The molecule has 20 heavy (non-hydrogen) atoms. The van der Waals surface area contributed by atoms with E-state index in [1.165, 1.54) is 11.1 Å². The van der Waals surface area contributed by atoms with Crippen LogP contribution < -0.4 is 5.73 Å². The first-order valence-electron chi connectivity index (χ1n) is 6.49. The van der Waals surface area contributed by atoms with Crippen LogP contribution in [0.3, 0.4) is 0 Å². The van der Waals surface area contributed by atoms with Crippen molar-refractivity contribution >= 4 is 5.69 Å². The van der Waals surface area contributed by atoms with Crippen molar-refractivity contribution in [2.24, 2.45) is 7.05 Å². The van der Waals surface area contributed by atoms with Gasteiger partial charge in [-0.05, 0) is 12.5 Å². The summed E-state index contributed by atoms with van der Waals surface area (Å²) in [6.07, 6.45) is 5.55. The molecule has 0 amide bonds. The van der Waals surface area contributed by atoms with Crippen LogP contribution in [0, 0.1) is 6.92 Å². The summed E-state index contributed by atoms with van der Waals surface area (Å²) in [5.41, 5.74) is 10.9. The van der Waals surface area contributed by atoms with Crippen LogP contribution in [0.15, 0.2) is 42.9 Å². The molecule has 2 N–H and O–H groups in total. The summed E-state index contributed by atoms with van der Waals surface area (Å²) in [5, 5.41) is 8.71. The number of aryl methyl sites for hydroxylation is 2. The molecular weight excluding hydrogens is 250 g/mol. The number of hydrogen-bond donors (Lipinski definition) is 1. The standard InChI is InChI=1S/C15H17N5/c1-11-4-3-5-12(6-11)8-20-10-14(16)15(18-20)13-7-17-19(2)9-13/h3-7,9-10H,8,16H2,1-2H3. The lowest BCUT2D eigenvalue weighted by atomic mass is 10.1. The fourth-order valence-corrected chi connectivity index (χ4v) is 2.28. The Hall–Kier alpha value is -2.56. The van der Waals surface area contributed by atoms with Gasteiger partial charge in [0.2, 0.25) is 0 Å². The summed E-state index contributed by atoms with van der Waals surface area (Å²) in [7, 11) is 1.88. The van der Waals surface area contributed by atoms with Gasteiger partial charge in [0.05, 0.1) is 18.4 Å². The highest BCUT2D eigenvalue weighted by molar-refractivity contribution is 5.70. The van der Waals surface area contributed by atoms with Crippen molar-refractivity contribution < 1.29 is 0 Å². The van der Waals surface area contributed by atoms with Crippen molar-refractivity contribution in [1.29, 1.82) is 0 Å². The number of nitrogens with zero attached hydrogens (tertiary/aromatic N) is 4. The molecule has 0 spiro atoms. The molecule has 5 nitrogen and oxygen atoms in total. The summed E-state index contributed by atoms with van der Waals surface area (Å²) < 4.78 is 3.61. The van der Waals surface area contributed by atoms with Gasteiger partial charge in [-0.2, -0.15) is 10.2 Å². The van der Waals surface area contributed by atoms with Crippen LogP contribution in [0.2, 0.25) is 0 Å². The first-order chi connectivity index (χ1) is 9.61. The molecule has 0 aliphatic rings. The molecule has 0 aliphatic heterocycles. The Kier molecular flexibility index (Phi) is 3.02. The summed E-state index contributed by atoms with van der Waals surface area (Å²) in [6.45, 7) is 2.80. The van der Waals surface area contributed by atoms with Gasteiger partial charge in [-0.3, -0.25) is 9.36 Å². The molecule has 3 aromatic rings. The Bertz CT molecular complexity index is 738. The van der Waals surface area contributed by atoms with Crippen molar-refractivity contribution in [3.63, 3.8) is 0 Å². The number of benzene rings is 1. The topological polar surface area (TPSA) is 61.7 Å². The third kappa shape index (κ3) is 2.42. The van der Waals surface area contributed by atoms with E-state index < -0.39 is 0 Å². The Morgan fingerprint density at radius 3 is 2.80 bits per heavy atom. The van der Waals surface area contributed by atoms with E-state index in [0.29, 0.717) is 12.2 Å². The highest BCUT2D eigenvalue weighted by Gasteiger charge is 2.10. The zero-order chi connectivity index (χ0) is 14.1. The normalized spacial score (nSPS) is 10.9. The average molecular weight is 267 g/mol. The molecule has 1 aromatic carbocycles. The number of nitrogen functional groups attached to an aromatic ring is 1. The molecule has 0 bridgehead atoms. The molecule has 0 saturated heterocycles. The first kappa shape index (κ1) is 12.5. The molecule has 0 atom stereocenters. The number of hydrogen-bond acceptors (Lipinski definition) is 3. The Labute approximate surface area is 117 Å². The van der Waals surface area contributed by atoms with Gasteiger partial charge in [0, 0.05) is 25.0 Å². The second-order valence-electron chi connectivity index (χ2n) is 5.02. The van der Waals surface area contributed by atoms with Crippen LogP contribution in [0.1, 0.15) is 11.1 Å². The molecule has 0 unspecified atom stereocenters. The lowest BCUT2D eigenvalue weighted by Crippen LogP contribution is -2.00. The predicted octanol–water partition coefficient (Wildman–Crippen LogP) is 2.22. The minimum absolute atomic E-state index is 0.672. The Morgan fingerprint density at radius 1 is 1.25 bits per heavy atom. The van der Waals surface area contributed by atoms with Crippen LogP contribution in [0.4, 0.5) is 5.69 Å². The second-order valence-corrected chi connectivity index (χ2v) is 5.02. The van der Waals surface area contributed by atoms with Gasteiger partial charge in [0.15, 0.2) is 0 Å². The summed E-state index contributed by atoms with van der Waals surface area (Å²) in [4.78, 5) is 0.